The molecule has 12 aliphatic carbocycles. The summed E-state index contributed by atoms with van der Waals surface area (Å²) in [4.78, 5) is 9.20. The standard InChI is InChI=1S/C39H63N3/c1-2-41(26-38-19-31-10-32(20-38)12-33(11-31)21-38)5-6-42(27-39-22-34-13-35(23-39)15-36(14-34)24-39)4-3-40(1)25-37-16-28-7-29(17-37)9-30(8-28)18-37/h28-36H,1-27H2. The Morgan fingerprint density at radius 1 is 0.286 bits per heavy atom. The van der Waals surface area contributed by atoms with Crippen LogP contribution in [0.1, 0.15) is 116 Å². The van der Waals surface area contributed by atoms with Crippen LogP contribution in [0.5, 0.6) is 0 Å². The van der Waals surface area contributed by atoms with Crippen molar-refractivity contribution in [3.05, 3.63) is 0 Å². The van der Waals surface area contributed by atoms with Gasteiger partial charge in [-0.2, -0.15) is 0 Å². The first-order chi connectivity index (χ1) is 20.4. The van der Waals surface area contributed by atoms with Crippen molar-refractivity contribution in [1.29, 1.82) is 0 Å². The number of rotatable bonds is 6. The fourth-order valence-electron chi connectivity index (χ4n) is 16.5. The molecular formula is C39H63N3. The van der Waals surface area contributed by atoms with Gasteiger partial charge in [0, 0.05) is 58.9 Å². The van der Waals surface area contributed by atoms with Crippen LogP contribution in [0.3, 0.4) is 0 Å². The van der Waals surface area contributed by atoms with Gasteiger partial charge in [-0.25, -0.2) is 0 Å². The van der Waals surface area contributed by atoms with Crippen molar-refractivity contribution >= 4 is 0 Å². The molecule has 0 unspecified atom stereocenters. The molecule has 0 aromatic carbocycles. The predicted molar refractivity (Wildman–Crippen MR) is 171 cm³/mol. The van der Waals surface area contributed by atoms with E-state index in [1.54, 1.807) is 116 Å². The average Bonchev–Trinajstić information content (AvgIpc) is 2.97. The molecule has 13 rings (SSSR count). The smallest absolute Gasteiger partial charge is 0.0110 e. The van der Waals surface area contributed by atoms with Crippen molar-refractivity contribution < 1.29 is 0 Å². The monoisotopic (exact) mass is 574 g/mol. The van der Waals surface area contributed by atoms with Crippen molar-refractivity contribution in [3.63, 3.8) is 0 Å². The van der Waals surface area contributed by atoms with Crippen molar-refractivity contribution in [3.8, 4) is 0 Å². The van der Waals surface area contributed by atoms with Crippen LogP contribution >= 0.6 is 0 Å². The quantitative estimate of drug-likeness (QED) is 0.325. The van der Waals surface area contributed by atoms with Gasteiger partial charge in [-0.05, 0) is 185 Å². The maximum atomic E-state index is 3.07. The van der Waals surface area contributed by atoms with E-state index in [-0.39, 0.29) is 0 Å². The van der Waals surface area contributed by atoms with Gasteiger partial charge in [-0.1, -0.05) is 0 Å². The molecule has 0 N–H and O–H groups in total. The molecule has 3 nitrogen and oxygen atoms in total. The Hall–Kier alpha value is -0.120. The van der Waals surface area contributed by atoms with Crippen LogP contribution in [0.4, 0.5) is 0 Å². The molecule has 13 aliphatic rings. The van der Waals surface area contributed by atoms with Crippen molar-refractivity contribution in [2.75, 3.05) is 58.9 Å². The normalized spacial score (nSPS) is 55.3. The molecule has 12 bridgehead atoms. The molecular weight excluding hydrogens is 510 g/mol. The van der Waals surface area contributed by atoms with Gasteiger partial charge in [0.2, 0.25) is 0 Å². The summed E-state index contributed by atoms with van der Waals surface area (Å²) in [6.45, 7) is 12.5. The second kappa shape index (κ2) is 9.94. The van der Waals surface area contributed by atoms with Crippen molar-refractivity contribution in [1.82, 2.24) is 14.7 Å². The Morgan fingerprint density at radius 2 is 0.452 bits per heavy atom. The maximum absolute atomic E-state index is 3.07. The van der Waals surface area contributed by atoms with Crippen molar-refractivity contribution in [2.24, 2.45) is 69.5 Å². The van der Waals surface area contributed by atoms with Crippen LogP contribution in [-0.2, 0) is 0 Å². The van der Waals surface area contributed by atoms with Crippen LogP contribution in [0, 0.1) is 69.5 Å². The van der Waals surface area contributed by atoms with E-state index in [0.29, 0.717) is 16.2 Å². The van der Waals surface area contributed by atoms with Crippen LogP contribution in [-0.4, -0.2) is 73.6 Å². The zero-order valence-electron chi connectivity index (χ0n) is 27.1. The highest BCUT2D eigenvalue weighted by atomic mass is 15.3. The average molecular weight is 574 g/mol. The minimum atomic E-state index is 0.693. The summed E-state index contributed by atoms with van der Waals surface area (Å²) < 4.78 is 0. The van der Waals surface area contributed by atoms with Gasteiger partial charge in [0.05, 0.1) is 0 Å². The Bertz CT molecular complexity index is 784. The lowest BCUT2D eigenvalue weighted by Gasteiger charge is -2.58. The third-order valence-corrected chi connectivity index (χ3v) is 16.4. The number of hydrogen-bond acceptors (Lipinski definition) is 3. The second-order valence-electron chi connectivity index (χ2n) is 20.1. The second-order valence-corrected chi connectivity index (χ2v) is 20.1. The molecule has 1 aliphatic heterocycles. The van der Waals surface area contributed by atoms with E-state index < -0.39 is 0 Å². The zero-order valence-corrected chi connectivity index (χ0v) is 27.1. The molecule has 0 spiro atoms. The first-order valence-corrected chi connectivity index (χ1v) is 19.6. The van der Waals surface area contributed by atoms with E-state index in [0.717, 1.165) is 53.3 Å². The molecule has 1 saturated heterocycles. The van der Waals surface area contributed by atoms with Gasteiger partial charge in [0.25, 0.3) is 0 Å². The minimum Gasteiger partial charge on any atom is -0.300 e. The summed E-state index contributed by atoms with van der Waals surface area (Å²) >= 11 is 0. The van der Waals surface area contributed by atoms with Crippen molar-refractivity contribution in [2.45, 2.75) is 116 Å². The van der Waals surface area contributed by atoms with Gasteiger partial charge in [-0.3, -0.25) is 0 Å². The van der Waals surface area contributed by atoms with E-state index in [4.69, 9.17) is 0 Å². The molecule has 13 fully saturated rings. The molecule has 42 heavy (non-hydrogen) atoms. The summed E-state index contributed by atoms with van der Waals surface area (Å²) in [6.07, 6.45) is 28.6. The van der Waals surface area contributed by atoms with E-state index in [1.165, 1.54) is 58.9 Å². The molecule has 1 heterocycles. The van der Waals surface area contributed by atoms with Gasteiger partial charge < -0.3 is 14.7 Å². The minimum absolute atomic E-state index is 0.693. The first kappa shape index (κ1) is 27.0. The highest BCUT2D eigenvalue weighted by Crippen LogP contribution is 2.62. The van der Waals surface area contributed by atoms with Gasteiger partial charge in [-0.15, -0.1) is 0 Å². The summed E-state index contributed by atoms with van der Waals surface area (Å²) in [7, 11) is 0. The first-order valence-electron chi connectivity index (χ1n) is 19.6. The van der Waals surface area contributed by atoms with Crippen LogP contribution < -0.4 is 0 Å². The van der Waals surface area contributed by atoms with Crippen LogP contribution in [0.2, 0.25) is 0 Å². The maximum Gasteiger partial charge on any atom is 0.0110 e. The Kier molecular flexibility index (Phi) is 6.40. The van der Waals surface area contributed by atoms with E-state index in [9.17, 15) is 0 Å². The third kappa shape index (κ3) is 4.90. The number of nitrogens with zero attached hydrogens (tertiary/aromatic N) is 3. The molecule has 0 atom stereocenters. The third-order valence-electron chi connectivity index (χ3n) is 16.4. The molecule has 12 saturated carbocycles. The number of hydrogen-bond donors (Lipinski definition) is 0. The molecule has 3 heteroatoms. The Morgan fingerprint density at radius 3 is 0.619 bits per heavy atom. The summed E-state index contributed by atoms with van der Waals surface area (Å²) in [6, 6.07) is 0. The summed E-state index contributed by atoms with van der Waals surface area (Å²) in [5.74, 6) is 9.82. The topological polar surface area (TPSA) is 9.72 Å². The highest BCUT2D eigenvalue weighted by molar-refractivity contribution is 5.06. The lowest BCUT2D eigenvalue weighted by molar-refractivity contribution is -0.0751. The van der Waals surface area contributed by atoms with Gasteiger partial charge in [0.1, 0.15) is 0 Å². The lowest BCUT2D eigenvalue weighted by atomic mass is 9.49. The molecule has 0 radical (unpaired) electrons. The predicted octanol–water partition coefficient (Wildman–Crippen LogP) is 7.56. The summed E-state index contributed by atoms with van der Waals surface area (Å²) in [5, 5.41) is 0. The fourth-order valence-corrected chi connectivity index (χ4v) is 16.5. The SMILES string of the molecule is C1C2CC3CC1CC(CN1CCN(CC45CC6CC(CC(C6)C4)C5)CCN(CC45CC6CC(CC(C6)C4)C5)CC1)(C2)C3. The molecule has 0 aromatic heterocycles. The van der Waals surface area contributed by atoms with Gasteiger partial charge >= 0.3 is 0 Å². The Balaban J connectivity index is 0.881. The summed E-state index contributed by atoms with van der Waals surface area (Å²) in [5.41, 5.74) is 2.08. The van der Waals surface area contributed by atoms with E-state index >= 15 is 0 Å². The lowest BCUT2D eigenvalue weighted by Crippen LogP contribution is -2.53. The highest BCUT2D eigenvalue weighted by Gasteiger charge is 2.54. The molecule has 234 valence electrons. The van der Waals surface area contributed by atoms with Crippen LogP contribution in [0.25, 0.3) is 0 Å². The molecule has 0 aromatic rings. The van der Waals surface area contributed by atoms with Gasteiger partial charge in [0.15, 0.2) is 0 Å². The van der Waals surface area contributed by atoms with E-state index in [2.05, 4.69) is 14.7 Å². The van der Waals surface area contributed by atoms with E-state index in [1.807, 2.05) is 0 Å². The molecule has 0 amide bonds. The fraction of sp³-hybridized carbons (Fsp3) is 1.00. The van der Waals surface area contributed by atoms with Crippen LogP contribution in [0.15, 0.2) is 0 Å². The Labute approximate surface area is 258 Å². The zero-order chi connectivity index (χ0) is 27.5. The largest absolute Gasteiger partial charge is 0.300 e.